The molecule has 6 rings (SSSR count). The van der Waals surface area contributed by atoms with E-state index < -0.39 is 0 Å². The third kappa shape index (κ3) is 5.04. The molecule has 4 heteroatoms. The summed E-state index contributed by atoms with van der Waals surface area (Å²) in [5, 5.41) is 0.172. The molecule has 0 aliphatic rings. The molecule has 0 fully saturated rings. The Labute approximate surface area is 221 Å². The lowest BCUT2D eigenvalue weighted by molar-refractivity contribution is 1.07. The first-order valence-electron chi connectivity index (χ1n) is 12.1. The Hall–Kier alpha value is -4.60. The molecule has 3 nitrogen and oxygen atoms in total. The maximum absolute atomic E-state index is 6.34. The lowest BCUT2D eigenvalue weighted by Crippen LogP contribution is -1.97. The van der Waals surface area contributed by atoms with E-state index in [1.54, 1.807) is 0 Å². The Morgan fingerprint density at radius 2 is 0.703 bits per heavy atom. The zero-order valence-electron chi connectivity index (χ0n) is 19.9. The molecule has 176 valence electrons. The van der Waals surface area contributed by atoms with E-state index in [0.29, 0.717) is 11.6 Å². The third-order valence-electron chi connectivity index (χ3n) is 6.30. The number of hydrogen-bond donors (Lipinski definition) is 0. The van der Waals surface area contributed by atoms with E-state index >= 15 is 0 Å². The molecule has 1 aromatic heterocycles. The fourth-order valence-corrected chi connectivity index (χ4v) is 4.53. The van der Waals surface area contributed by atoms with Crippen molar-refractivity contribution in [3.8, 4) is 56.2 Å². The van der Waals surface area contributed by atoms with Crippen LogP contribution in [-0.2, 0) is 0 Å². The Kier molecular flexibility index (Phi) is 6.28. The molecule has 0 saturated carbocycles. The lowest BCUT2D eigenvalue weighted by Gasteiger charge is -2.08. The van der Waals surface area contributed by atoms with Gasteiger partial charge in [0.15, 0.2) is 11.6 Å². The molecule has 0 bridgehead atoms. The maximum atomic E-state index is 6.34. The van der Waals surface area contributed by atoms with Crippen LogP contribution < -0.4 is 0 Å². The van der Waals surface area contributed by atoms with Gasteiger partial charge in [-0.1, -0.05) is 127 Å². The summed E-state index contributed by atoms with van der Waals surface area (Å²) in [7, 11) is 0. The van der Waals surface area contributed by atoms with E-state index in [-0.39, 0.29) is 5.28 Å². The summed E-state index contributed by atoms with van der Waals surface area (Å²) in [6.45, 7) is 0. The minimum absolute atomic E-state index is 0.172. The summed E-state index contributed by atoms with van der Waals surface area (Å²) in [5.74, 6) is 1.10. The minimum Gasteiger partial charge on any atom is -0.208 e. The van der Waals surface area contributed by atoms with E-state index in [1.807, 2.05) is 48.5 Å². The first-order chi connectivity index (χ1) is 18.2. The Bertz CT molecular complexity index is 1650. The minimum atomic E-state index is 0.172. The van der Waals surface area contributed by atoms with Crippen LogP contribution >= 0.6 is 11.6 Å². The molecule has 0 saturated heterocycles. The number of nitrogens with zero attached hydrogens (tertiary/aromatic N) is 3. The van der Waals surface area contributed by atoms with Crippen molar-refractivity contribution in [2.45, 2.75) is 0 Å². The van der Waals surface area contributed by atoms with E-state index in [0.717, 1.165) is 33.4 Å². The van der Waals surface area contributed by atoms with Gasteiger partial charge in [0.2, 0.25) is 5.28 Å². The van der Waals surface area contributed by atoms with Gasteiger partial charge in [-0.3, -0.25) is 0 Å². The van der Waals surface area contributed by atoms with E-state index in [1.165, 1.54) is 11.1 Å². The van der Waals surface area contributed by atoms with E-state index in [9.17, 15) is 0 Å². The van der Waals surface area contributed by atoms with Crippen LogP contribution in [0.5, 0.6) is 0 Å². The second kappa shape index (κ2) is 10.2. The molecular weight excluding hydrogens is 474 g/mol. The van der Waals surface area contributed by atoms with Gasteiger partial charge in [0, 0.05) is 11.1 Å². The first-order valence-corrected chi connectivity index (χ1v) is 12.4. The molecule has 0 aliphatic carbocycles. The Morgan fingerprint density at radius 1 is 0.324 bits per heavy atom. The van der Waals surface area contributed by atoms with E-state index in [2.05, 4.69) is 94.9 Å². The van der Waals surface area contributed by atoms with Gasteiger partial charge < -0.3 is 0 Å². The van der Waals surface area contributed by atoms with Crippen molar-refractivity contribution in [2.75, 3.05) is 0 Å². The highest BCUT2D eigenvalue weighted by Gasteiger charge is 2.11. The zero-order valence-corrected chi connectivity index (χ0v) is 20.7. The molecule has 0 N–H and O–H groups in total. The maximum Gasteiger partial charge on any atom is 0.226 e. The van der Waals surface area contributed by atoms with E-state index in [4.69, 9.17) is 16.6 Å². The zero-order chi connectivity index (χ0) is 25.0. The Balaban J connectivity index is 1.28. The molecule has 0 amide bonds. The van der Waals surface area contributed by atoms with Gasteiger partial charge in [0.1, 0.15) is 0 Å². The normalized spacial score (nSPS) is 10.8. The topological polar surface area (TPSA) is 38.7 Å². The van der Waals surface area contributed by atoms with Crippen LogP contribution in [0.4, 0.5) is 0 Å². The average molecular weight is 496 g/mol. The van der Waals surface area contributed by atoms with Gasteiger partial charge in [0.05, 0.1) is 0 Å². The molecular formula is C33H22ClN3. The first kappa shape index (κ1) is 22.8. The summed E-state index contributed by atoms with van der Waals surface area (Å²) < 4.78 is 0. The highest BCUT2D eigenvalue weighted by atomic mass is 35.5. The van der Waals surface area contributed by atoms with Crippen LogP contribution in [0, 0.1) is 0 Å². The SMILES string of the molecule is Clc1nc(-c2ccc(-c3ccc(-c4ccccc4)cc3)cc2)nc(-c2cccc(-c3ccccc3)c2)n1. The van der Waals surface area contributed by atoms with Crippen LogP contribution in [0.1, 0.15) is 0 Å². The molecule has 0 atom stereocenters. The smallest absolute Gasteiger partial charge is 0.208 e. The lowest BCUT2D eigenvalue weighted by atomic mass is 9.99. The summed E-state index contributed by atoms with van der Waals surface area (Å²) >= 11 is 6.34. The fourth-order valence-electron chi connectivity index (χ4n) is 4.37. The quantitative estimate of drug-likeness (QED) is 0.240. The second-order valence-corrected chi connectivity index (χ2v) is 9.06. The number of aromatic nitrogens is 3. The molecule has 0 radical (unpaired) electrons. The second-order valence-electron chi connectivity index (χ2n) is 8.72. The predicted octanol–water partition coefficient (Wildman–Crippen LogP) is 8.86. The molecule has 0 aliphatic heterocycles. The van der Waals surface area contributed by atoms with Gasteiger partial charge in [-0.25, -0.2) is 4.98 Å². The van der Waals surface area contributed by atoms with Gasteiger partial charge in [-0.05, 0) is 51.0 Å². The summed E-state index contributed by atoms with van der Waals surface area (Å²) in [5.41, 5.74) is 8.69. The standard InChI is InChI=1S/C33H22ClN3/c34-33-36-31(35-32(37-33)30-13-7-12-29(22-30)24-10-5-2-6-11-24)28-20-18-27(19-21-28)26-16-14-25(15-17-26)23-8-3-1-4-9-23/h1-22H. The molecule has 0 unspecified atom stereocenters. The summed E-state index contributed by atoms with van der Waals surface area (Å²) in [4.78, 5) is 13.6. The number of benzene rings is 5. The highest BCUT2D eigenvalue weighted by Crippen LogP contribution is 2.29. The van der Waals surface area contributed by atoms with Crippen molar-refractivity contribution >= 4 is 11.6 Å². The predicted molar refractivity (Wildman–Crippen MR) is 152 cm³/mol. The van der Waals surface area contributed by atoms with Crippen LogP contribution in [0.3, 0.4) is 0 Å². The van der Waals surface area contributed by atoms with Crippen LogP contribution in [0.25, 0.3) is 56.2 Å². The average Bonchev–Trinajstić information content (AvgIpc) is 2.98. The van der Waals surface area contributed by atoms with Crippen LogP contribution in [0.2, 0.25) is 5.28 Å². The van der Waals surface area contributed by atoms with Crippen molar-refractivity contribution in [2.24, 2.45) is 0 Å². The van der Waals surface area contributed by atoms with Gasteiger partial charge in [0.25, 0.3) is 0 Å². The van der Waals surface area contributed by atoms with Gasteiger partial charge in [-0.15, -0.1) is 0 Å². The molecule has 1 heterocycles. The van der Waals surface area contributed by atoms with Crippen molar-refractivity contribution in [1.82, 2.24) is 15.0 Å². The van der Waals surface area contributed by atoms with Crippen molar-refractivity contribution in [3.05, 3.63) is 139 Å². The van der Waals surface area contributed by atoms with Crippen molar-refractivity contribution < 1.29 is 0 Å². The fraction of sp³-hybridized carbons (Fsp3) is 0. The Morgan fingerprint density at radius 3 is 1.24 bits per heavy atom. The number of hydrogen-bond acceptors (Lipinski definition) is 3. The molecule has 6 aromatic rings. The van der Waals surface area contributed by atoms with Crippen LogP contribution in [0.15, 0.2) is 133 Å². The number of halogens is 1. The third-order valence-corrected chi connectivity index (χ3v) is 6.47. The van der Waals surface area contributed by atoms with Gasteiger partial charge in [-0.2, -0.15) is 9.97 Å². The largest absolute Gasteiger partial charge is 0.226 e. The van der Waals surface area contributed by atoms with Gasteiger partial charge >= 0.3 is 0 Å². The molecule has 5 aromatic carbocycles. The number of rotatable bonds is 5. The van der Waals surface area contributed by atoms with Crippen LogP contribution in [-0.4, -0.2) is 15.0 Å². The summed E-state index contributed by atoms with van der Waals surface area (Å²) in [6, 6.07) is 45.6. The molecule has 37 heavy (non-hydrogen) atoms. The van der Waals surface area contributed by atoms with Crippen molar-refractivity contribution in [1.29, 1.82) is 0 Å². The molecule has 0 spiro atoms. The van der Waals surface area contributed by atoms with Crippen molar-refractivity contribution in [3.63, 3.8) is 0 Å². The summed E-state index contributed by atoms with van der Waals surface area (Å²) in [6.07, 6.45) is 0. The highest BCUT2D eigenvalue weighted by molar-refractivity contribution is 6.28. The monoisotopic (exact) mass is 495 g/mol.